The van der Waals surface area contributed by atoms with E-state index < -0.39 is 0 Å². The molecule has 1 saturated heterocycles. The topological polar surface area (TPSA) is 54.2 Å². The van der Waals surface area contributed by atoms with Crippen molar-refractivity contribution in [2.24, 2.45) is 0 Å². The van der Waals surface area contributed by atoms with Gasteiger partial charge in [0.2, 0.25) is 0 Å². The van der Waals surface area contributed by atoms with E-state index in [0.29, 0.717) is 6.04 Å². The first-order valence-corrected chi connectivity index (χ1v) is 7.27. The van der Waals surface area contributed by atoms with Gasteiger partial charge < -0.3 is 11.1 Å². The maximum Gasteiger partial charge on any atom is 0.140 e. The molecule has 0 aliphatic carbocycles. The highest BCUT2D eigenvalue weighted by molar-refractivity contribution is 9.10. The van der Waals surface area contributed by atoms with Gasteiger partial charge in [-0.1, -0.05) is 0 Å². The van der Waals surface area contributed by atoms with Crippen molar-refractivity contribution in [2.75, 3.05) is 30.7 Å². The zero-order valence-electron chi connectivity index (χ0n) is 11.0. The van der Waals surface area contributed by atoms with E-state index in [9.17, 15) is 0 Å². The van der Waals surface area contributed by atoms with Gasteiger partial charge in [0.05, 0.1) is 16.4 Å². The molecular formula is C13H21BrN4. The Hall–Kier alpha value is -0.810. The van der Waals surface area contributed by atoms with E-state index >= 15 is 0 Å². The predicted octanol–water partition coefficient (Wildman–Crippen LogP) is 2.63. The predicted molar refractivity (Wildman–Crippen MR) is 79.8 cm³/mol. The van der Waals surface area contributed by atoms with Gasteiger partial charge in [-0.05, 0) is 61.3 Å². The van der Waals surface area contributed by atoms with E-state index in [-0.39, 0.29) is 0 Å². The van der Waals surface area contributed by atoms with Crippen LogP contribution < -0.4 is 11.1 Å². The zero-order chi connectivity index (χ0) is 13.1. The van der Waals surface area contributed by atoms with Crippen molar-refractivity contribution in [3.8, 4) is 0 Å². The first kappa shape index (κ1) is 13.6. The van der Waals surface area contributed by atoms with Crippen molar-refractivity contribution in [2.45, 2.75) is 32.7 Å². The summed E-state index contributed by atoms with van der Waals surface area (Å²) in [5, 5.41) is 3.40. The van der Waals surface area contributed by atoms with E-state index in [1.165, 1.54) is 25.9 Å². The molecule has 1 atom stereocenters. The summed E-state index contributed by atoms with van der Waals surface area (Å²) in [6.45, 7) is 7.61. The minimum atomic E-state index is 0.541. The normalized spacial score (nSPS) is 17.9. The number of rotatable bonds is 4. The number of nitrogen functional groups attached to an aromatic ring is 1. The molecule has 3 N–H and O–H groups in total. The van der Waals surface area contributed by atoms with Crippen molar-refractivity contribution in [1.82, 2.24) is 9.88 Å². The van der Waals surface area contributed by atoms with E-state index in [1.54, 1.807) is 6.20 Å². The number of halogens is 1. The van der Waals surface area contributed by atoms with Gasteiger partial charge in [-0.25, -0.2) is 4.98 Å². The fourth-order valence-corrected chi connectivity index (χ4v) is 2.74. The summed E-state index contributed by atoms with van der Waals surface area (Å²) in [4.78, 5) is 6.85. The Morgan fingerprint density at radius 3 is 2.83 bits per heavy atom. The van der Waals surface area contributed by atoms with Gasteiger partial charge in [0.15, 0.2) is 0 Å². The molecular weight excluding hydrogens is 292 g/mol. The molecule has 0 bridgehead atoms. The van der Waals surface area contributed by atoms with Gasteiger partial charge in [-0.3, -0.25) is 4.90 Å². The molecule has 4 nitrogen and oxygen atoms in total. The van der Waals surface area contributed by atoms with E-state index in [4.69, 9.17) is 5.73 Å². The van der Waals surface area contributed by atoms with Crippen molar-refractivity contribution in [1.29, 1.82) is 0 Å². The lowest BCUT2D eigenvalue weighted by molar-refractivity contribution is 0.269. The van der Waals surface area contributed by atoms with Crippen LogP contribution in [-0.2, 0) is 0 Å². The zero-order valence-corrected chi connectivity index (χ0v) is 12.6. The average molecular weight is 313 g/mol. The Bertz CT molecular complexity index is 416. The quantitative estimate of drug-likeness (QED) is 0.897. The molecule has 1 fully saturated rings. The first-order valence-electron chi connectivity index (χ1n) is 6.48. The van der Waals surface area contributed by atoms with Crippen LogP contribution in [0.1, 0.15) is 25.3 Å². The molecule has 1 unspecified atom stereocenters. The summed E-state index contributed by atoms with van der Waals surface area (Å²) in [6, 6.07) is 0.541. The molecule has 18 heavy (non-hydrogen) atoms. The van der Waals surface area contributed by atoms with Gasteiger partial charge in [-0.2, -0.15) is 0 Å². The summed E-state index contributed by atoms with van der Waals surface area (Å²) in [6.07, 6.45) is 4.36. The maximum absolute atomic E-state index is 5.82. The molecule has 0 radical (unpaired) electrons. The Balaban J connectivity index is 1.95. The summed E-state index contributed by atoms with van der Waals surface area (Å²) in [7, 11) is 0. The Morgan fingerprint density at radius 2 is 2.17 bits per heavy atom. The van der Waals surface area contributed by atoms with Crippen LogP contribution >= 0.6 is 15.9 Å². The standard InChI is InChI=1S/C13H21BrN4/c1-9(18-5-3-4-6-18)7-16-13-12(14)10(2)11(15)8-17-13/h8-9H,3-7,15H2,1-2H3,(H,16,17). The highest BCUT2D eigenvalue weighted by Gasteiger charge is 2.18. The second-order valence-electron chi connectivity index (χ2n) is 4.97. The number of likely N-dealkylation sites (tertiary alicyclic amines) is 1. The van der Waals surface area contributed by atoms with Crippen LogP contribution in [0.4, 0.5) is 11.5 Å². The van der Waals surface area contributed by atoms with Crippen LogP contribution in [0, 0.1) is 6.92 Å². The Morgan fingerprint density at radius 1 is 1.50 bits per heavy atom. The van der Waals surface area contributed by atoms with Gasteiger partial charge in [0.1, 0.15) is 5.82 Å². The van der Waals surface area contributed by atoms with Crippen LogP contribution in [-0.4, -0.2) is 35.6 Å². The number of hydrogen-bond acceptors (Lipinski definition) is 4. The first-order chi connectivity index (χ1) is 8.59. The molecule has 1 aromatic rings. The minimum absolute atomic E-state index is 0.541. The van der Waals surface area contributed by atoms with Crippen molar-refractivity contribution >= 4 is 27.4 Å². The Kier molecular flexibility index (Phi) is 4.45. The van der Waals surface area contributed by atoms with Gasteiger partial charge >= 0.3 is 0 Å². The number of aromatic nitrogens is 1. The summed E-state index contributed by atoms with van der Waals surface area (Å²) < 4.78 is 0.969. The van der Waals surface area contributed by atoms with Crippen LogP contribution in [0.15, 0.2) is 10.7 Å². The van der Waals surface area contributed by atoms with E-state index in [2.05, 4.69) is 38.1 Å². The lowest BCUT2D eigenvalue weighted by Gasteiger charge is -2.24. The molecule has 2 heterocycles. The second-order valence-corrected chi connectivity index (χ2v) is 5.77. The largest absolute Gasteiger partial charge is 0.397 e. The summed E-state index contributed by atoms with van der Waals surface area (Å²) in [5.74, 6) is 0.882. The fourth-order valence-electron chi connectivity index (χ4n) is 2.27. The van der Waals surface area contributed by atoms with Crippen LogP contribution in [0.25, 0.3) is 0 Å². The van der Waals surface area contributed by atoms with Gasteiger partial charge in [0.25, 0.3) is 0 Å². The number of nitrogens with two attached hydrogens (primary N) is 1. The highest BCUT2D eigenvalue weighted by atomic mass is 79.9. The molecule has 1 aliphatic rings. The average Bonchev–Trinajstić information content (AvgIpc) is 2.89. The smallest absolute Gasteiger partial charge is 0.140 e. The third-order valence-electron chi connectivity index (χ3n) is 3.63. The molecule has 0 spiro atoms. The fraction of sp³-hybridized carbons (Fsp3) is 0.615. The highest BCUT2D eigenvalue weighted by Crippen LogP contribution is 2.27. The van der Waals surface area contributed by atoms with Crippen molar-refractivity contribution in [3.05, 3.63) is 16.2 Å². The van der Waals surface area contributed by atoms with Crippen LogP contribution in [0.3, 0.4) is 0 Å². The Labute approximate surface area is 117 Å². The van der Waals surface area contributed by atoms with Crippen molar-refractivity contribution in [3.63, 3.8) is 0 Å². The lowest BCUT2D eigenvalue weighted by Crippen LogP contribution is -2.35. The number of nitrogens with zero attached hydrogens (tertiary/aromatic N) is 2. The monoisotopic (exact) mass is 312 g/mol. The van der Waals surface area contributed by atoms with Crippen molar-refractivity contribution < 1.29 is 0 Å². The molecule has 1 aliphatic heterocycles. The number of hydrogen-bond donors (Lipinski definition) is 2. The van der Waals surface area contributed by atoms with E-state index in [1.807, 2.05) is 6.92 Å². The third kappa shape index (κ3) is 2.95. The molecule has 0 saturated carbocycles. The maximum atomic E-state index is 5.82. The molecule has 100 valence electrons. The van der Waals surface area contributed by atoms with Gasteiger partial charge in [-0.15, -0.1) is 0 Å². The third-order valence-corrected chi connectivity index (χ3v) is 4.60. The number of anilines is 2. The number of pyridine rings is 1. The molecule has 0 amide bonds. The molecule has 1 aromatic heterocycles. The molecule has 0 aromatic carbocycles. The lowest BCUT2D eigenvalue weighted by atomic mass is 10.2. The summed E-state index contributed by atoms with van der Waals surface area (Å²) in [5.41, 5.74) is 7.58. The number of nitrogens with one attached hydrogen (secondary N) is 1. The second kappa shape index (κ2) is 5.89. The molecule has 5 heteroatoms. The minimum Gasteiger partial charge on any atom is -0.397 e. The van der Waals surface area contributed by atoms with Gasteiger partial charge in [0, 0.05) is 12.6 Å². The van der Waals surface area contributed by atoms with Crippen LogP contribution in [0.2, 0.25) is 0 Å². The van der Waals surface area contributed by atoms with Crippen LogP contribution in [0.5, 0.6) is 0 Å². The SMILES string of the molecule is Cc1c(N)cnc(NCC(C)N2CCCC2)c1Br. The molecule has 2 rings (SSSR count). The van der Waals surface area contributed by atoms with E-state index in [0.717, 1.165) is 28.1 Å². The summed E-state index contributed by atoms with van der Waals surface area (Å²) >= 11 is 3.55.